The molecule has 0 fully saturated rings. The van der Waals surface area contributed by atoms with E-state index in [9.17, 15) is 9.36 Å². The molecule has 18 heavy (non-hydrogen) atoms. The zero-order chi connectivity index (χ0) is 13.8. The molecule has 0 aliphatic heterocycles. The molecule has 1 aromatic rings. The van der Waals surface area contributed by atoms with Crippen molar-refractivity contribution in [3.63, 3.8) is 0 Å². The van der Waals surface area contributed by atoms with Gasteiger partial charge in [-0.1, -0.05) is 44.2 Å². The Morgan fingerprint density at radius 3 is 2.39 bits per heavy atom. The highest BCUT2D eigenvalue weighted by Gasteiger charge is 2.39. The maximum absolute atomic E-state index is 12.2. The van der Waals surface area contributed by atoms with Crippen LogP contribution in [0, 0.1) is 5.92 Å². The Morgan fingerprint density at radius 2 is 1.94 bits per heavy atom. The summed E-state index contributed by atoms with van der Waals surface area (Å²) in [6, 6.07) is 9.40. The van der Waals surface area contributed by atoms with E-state index in [2.05, 4.69) is 4.52 Å². The summed E-state index contributed by atoms with van der Waals surface area (Å²) in [5.41, 5.74) is 0.175. The largest absolute Gasteiger partial charge is 0.695 e. The number of hydrogen-bond donors (Lipinski definition) is 1. The summed E-state index contributed by atoms with van der Waals surface area (Å²) in [4.78, 5) is 20.9. The monoisotopic (exact) mass is 269 g/mol. The van der Waals surface area contributed by atoms with E-state index in [1.54, 1.807) is 0 Å². The van der Waals surface area contributed by atoms with Crippen molar-refractivity contribution < 1.29 is 18.8 Å². The molecule has 2 atom stereocenters. The highest BCUT2D eigenvalue weighted by atomic mass is 31.1. The van der Waals surface area contributed by atoms with Gasteiger partial charge in [0.05, 0.1) is 5.41 Å². The fourth-order valence-electron chi connectivity index (χ4n) is 1.86. The minimum Gasteiger partial charge on any atom is -0.296 e. The molecule has 1 rings (SSSR count). The molecule has 0 aromatic heterocycles. The van der Waals surface area contributed by atoms with Gasteiger partial charge in [0.25, 0.3) is 0 Å². The van der Waals surface area contributed by atoms with Gasteiger partial charge in [0.2, 0.25) is 0 Å². The summed E-state index contributed by atoms with van der Waals surface area (Å²) in [7, 11) is -2.74. The van der Waals surface area contributed by atoms with Crippen LogP contribution in [-0.4, -0.2) is 17.3 Å². The Kier molecular flexibility index (Phi) is 5.15. The Labute approximate surface area is 108 Å². The minimum absolute atomic E-state index is 0.0626. The van der Waals surface area contributed by atoms with Gasteiger partial charge in [-0.25, -0.2) is 0 Å². The van der Waals surface area contributed by atoms with Crippen molar-refractivity contribution in [2.75, 3.05) is 6.61 Å². The van der Waals surface area contributed by atoms with E-state index in [0.29, 0.717) is 0 Å². The predicted molar refractivity (Wildman–Crippen MR) is 69.4 cm³/mol. The van der Waals surface area contributed by atoms with Crippen LogP contribution in [-0.2, 0) is 19.3 Å². The Balaban J connectivity index is 3.01. The zero-order valence-corrected chi connectivity index (χ0v) is 11.7. The van der Waals surface area contributed by atoms with Crippen molar-refractivity contribution in [1.29, 1.82) is 0 Å². The molecule has 0 amide bonds. The van der Waals surface area contributed by atoms with E-state index in [1.165, 1.54) is 0 Å². The van der Waals surface area contributed by atoms with E-state index < -0.39 is 13.7 Å². The van der Waals surface area contributed by atoms with Gasteiger partial charge in [0, 0.05) is 4.57 Å². The molecular weight excluding hydrogens is 251 g/mol. The van der Waals surface area contributed by atoms with E-state index in [1.807, 2.05) is 51.1 Å². The quantitative estimate of drug-likeness (QED) is 0.806. The van der Waals surface area contributed by atoms with Crippen molar-refractivity contribution in [3.8, 4) is 0 Å². The lowest BCUT2D eigenvalue weighted by Crippen LogP contribution is -2.40. The van der Waals surface area contributed by atoms with Crippen LogP contribution >= 0.6 is 8.25 Å². The van der Waals surface area contributed by atoms with E-state index in [0.717, 1.165) is 5.56 Å². The molecule has 0 radical (unpaired) electrons. The Bertz CT molecular complexity index is 430. The number of hydrogen-bond acceptors (Lipinski definition) is 3. The first-order valence-electron chi connectivity index (χ1n) is 5.77. The fraction of sp³-hybridized carbons (Fsp3) is 0.462. The number of ketones is 1. The SMILES string of the molecule is CC(C)C(C)(C(=O)CO[P+](=O)O)c1ccccc1. The molecule has 5 heteroatoms. The topological polar surface area (TPSA) is 63.6 Å². The lowest BCUT2D eigenvalue weighted by molar-refractivity contribution is -0.127. The second-order valence-corrected chi connectivity index (χ2v) is 5.39. The number of carbonyl (C=O) groups excluding carboxylic acids is 1. The summed E-state index contributed by atoms with van der Waals surface area (Å²) in [5, 5.41) is 0. The molecule has 0 aliphatic carbocycles. The molecule has 2 unspecified atom stereocenters. The van der Waals surface area contributed by atoms with Crippen molar-refractivity contribution in [2.45, 2.75) is 26.2 Å². The Morgan fingerprint density at radius 1 is 1.39 bits per heavy atom. The van der Waals surface area contributed by atoms with Crippen LogP contribution in [0.3, 0.4) is 0 Å². The van der Waals surface area contributed by atoms with Gasteiger partial charge >= 0.3 is 8.25 Å². The second-order valence-electron chi connectivity index (χ2n) is 4.66. The number of Topliss-reactive ketones (excluding diaryl/α,β-unsaturated/α-hetero) is 1. The van der Waals surface area contributed by atoms with E-state index in [-0.39, 0.29) is 18.3 Å². The Hall–Kier alpha value is -1.09. The number of rotatable bonds is 6. The van der Waals surface area contributed by atoms with Crippen molar-refractivity contribution in [2.24, 2.45) is 5.92 Å². The molecule has 0 heterocycles. The molecule has 0 saturated carbocycles. The summed E-state index contributed by atoms with van der Waals surface area (Å²) in [6.45, 7) is 5.38. The molecular formula is C13H18O4P+. The lowest BCUT2D eigenvalue weighted by atomic mass is 9.70. The van der Waals surface area contributed by atoms with E-state index in [4.69, 9.17) is 4.89 Å². The molecule has 4 nitrogen and oxygen atoms in total. The van der Waals surface area contributed by atoms with Crippen LogP contribution in [0.15, 0.2) is 30.3 Å². The van der Waals surface area contributed by atoms with Gasteiger partial charge < -0.3 is 0 Å². The maximum atomic E-state index is 12.2. The third-order valence-electron chi connectivity index (χ3n) is 3.41. The summed E-state index contributed by atoms with van der Waals surface area (Å²) >= 11 is 0. The molecule has 0 saturated heterocycles. The molecule has 1 aromatic carbocycles. The molecule has 0 aliphatic rings. The standard InChI is InChI=1S/C13H17O4P/c1-10(2)13(3,11-7-5-4-6-8-11)12(14)9-17-18(15)16/h4-8,10H,9H2,1-3H3/p+1. The van der Waals surface area contributed by atoms with Crippen LogP contribution in [0.1, 0.15) is 26.3 Å². The zero-order valence-electron chi connectivity index (χ0n) is 10.8. The predicted octanol–water partition coefficient (Wildman–Crippen LogP) is 2.84. The molecule has 98 valence electrons. The summed E-state index contributed by atoms with van der Waals surface area (Å²) in [5.74, 6) is -0.131. The van der Waals surface area contributed by atoms with Crippen LogP contribution in [0.5, 0.6) is 0 Å². The molecule has 0 spiro atoms. The van der Waals surface area contributed by atoms with Gasteiger partial charge in [-0.3, -0.25) is 4.79 Å². The normalized spacial score (nSPS) is 15.3. The number of benzene rings is 1. The van der Waals surface area contributed by atoms with E-state index >= 15 is 0 Å². The fourth-order valence-corrected chi connectivity index (χ4v) is 2.09. The van der Waals surface area contributed by atoms with Crippen molar-refractivity contribution in [1.82, 2.24) is 0 Å². The van der Waals surface area contributed by atoms with Crippen molar-refractivity contribution >= 4 is 14.0 Å². The van der Waals surface area contributed by atoms with Crippen LogP contribution < -0.4 is 0 Å². The minimum atomic E-state index is -2.74. The summed E-state index contributed by atoms with van der Waals surface area (Å²) < 4.78 is 15.0. The first-order valence-corrected chi connectivity index (χ1v) is 6.90. The molecule has 1 N–H and O–H groups in total. The highest BCUT2D eigenvalue weighted by molar-refractivity contribution is 7.32. The van der Waals surface area contributed by atoms with Gasteiger partial charge in [-0.2, -0.15) is 0 Å². The third kappa shape index (κ3) is 3.22. The van der Waals surface area contributed by atoms with Crippen molar-refractivity contribution in [3.05, 3.63) is 35.9 Å². The van der Waals surface area contributed by atoms with Gasteiger partial charge in [0.15, 0.2) is 12.4 Å². The second kappa shape index (κ2) is 6.19. The summed E-state index contributed by atoms with van der Waals surface area (Å²) in [6.07, 6.45) is 0. The molecule has 0 bridgehead atoms. The third-order valence-corrected chi connectivity index (χ3v) is 3.76. The number of carbonyl (C=O) groups is 1. The smallest absolute Gasteiger partial charge is 0.296 e. The average molecular weight is 269 g/mol. The van der Waals surface area contributed by atoms with Crippen LogP contribution in [0.2, 0.25) is 0 Å². The first kappa shape index (κ1) is 15.0. The van der Waals surface area contributed by atoms with Gasteiger partial charge in [0.1, 0.15) is 0 Å². The highest BCUT2D eigenvalue weighted by Crippen LogP contribution is 2.33. The van der Waals surface area contributed by atoms with Crippen LogP contribution in [0.25, 0.3) is 0 Å². The van der Waals surface area contributed by atoms with Gasteiger partial charge in [-0.05, 0) is 18.4 Å². The maximum Gasteiger partial charge on any atom is 0.695 e. The van der Waals surface area contributed by atoms with Crippen LogP contribution in [0.4, 0.5) is 0 Å². The van der Waals surface area contributed by atoms with Gasteiger partial charge in [-0.15, -0.1) is 9.42 Å². The average Bonchev–Trinajstić information content (AvgIpc) is 2.35. The first-order chi connectivity index (χ1) is 8.39. The lowest BCUT2D eigenvalue weighted by Gasteiger charge is -2.32.